The maximum Gasteiger partial charge on any atom is 0.472 e. The Balaban J connectivity index is 5.17. The van der Waals surface area contributed by atoms with Crippen LogP contribution in [0.25, 0.3) is 0 Å². The number of hydrogen-bond donors (Lipinski definition) is 3. The summed E-state index contributed by atoms with van der Waals surface area (Å²) in [5, 5.41) is 10.6. The molecule has 19 heteroatoms. The van der Waals surface area contributed by atoms with Crippen LogP contribution in [0, 0.1) is 11.8 Å². The first kappa shape index (κ1) is 91.1. The highest BCUT2D eigenvalue weighted by Gasteiger charge is 2.30. The van der Waals surface area contributed by atoms with Crippen molar-refractivity contribution in [2.45, 2.75) is 400 Å². The molecule has 0 aromatic carbocycles. The van der Waals surface area contributed by atoms with Crippen LogP contribution >= 0.6 is 15.6 Å². The van der Waals surface area contributed by atoms with E-state index in [9.17, 15) is 43.2 Å². The van der Waals surface area contributed by atoms with E-state index in [-0.39, 0.29) is 25.7 Å². The second-order valence-electron chi connectivity index (χ2n) is 27.6. The third-order valence-corrected chi connectivity index (χ3v) is 19.1. The number of carbonyl (C=O) groups is 4. The van der Waals surface area contributed by atoms with Crippen LogP contribution in [0.4, 0.5) is 0 Å². The summed E-state index contributed by atoms with van der Waals surface area (Å²) in [7, 11) is -9.90. The number of phosphoric acid groups is 2. The molecule has 0 amide bonds. The Morgan fingerprint density at radius 3 is 0.731 bits per heavy atom. The SMILES string of the molecule is CCCCCCCCCCCCC(=O)OC[C@H](COP(=O)(O)OC[C@H](O)COP(=O)(O)OC[C@@H](COC(=O)CCCCCCCCCCCC(C)C)OC(=O)CCCCCCCCCCCCCCCCCCCCC(C)C)OC(=O)CCCCCCCCCCCC. The molecule has 0 fully saturated rings. The summed E-state index contributed by atoms with van der Waals surface area (Å²) in [6.45, 7) is 9.58. The standard InChI is InChI=1S/C74H144O17P2/c1-7-9-11-13-15-17-32-38-44-50-56-71(76)84-62-69(90-73(78)58-52-46-40-33-18-16-14-12-10-8-2)64-88-92(80,81)86-60-68(75)61-87-93(82,83)89-65-70(63-85-72(77)57-51-45-39-35-29-31-37-43-49-55-67(5)6)91-74(79)59-53-47-41-34-28-26-24-22-20-19-21-23-25-27-30-36-42-48-54-66(3)4/h66-70,75H,7-65H2,1-6H3,(H,80,81)(H,82,83)/t68-,69+,70+/m0/s1. The van der Waals surface area contributed by atoms with E-state index in [1.807, 2.05) is 0 Å². The van der Waals surface area contributed by atoms with E-state index < -0.39 is 97.5 Å². The fourth-order valence-corrected chi connectivity index (χ4v) is 12.9. The largest absolute Gasteiger partial charge is 0.472 e. The highest BCUT2D eigenvalue weighted by molar-refractivity contribution is 7.47. The van der Waals surface area contributed by atoms with Crippen molar-refractivity contribution in [3.63, 3.8) is 0 Å². The Kier molecular flexibility index (Phi) is 64.6. The van der Waals surface area contributed by atoms with Gasteiger partial charge in [0.05, 0.1) is 26.4 Å². The van der Waals surface area contributed by atoms with Gasteiger partial charge >= 0.3 is 39.5 Å². The molecule has 0 spiro atoms. The minimum atomic E-state index is -4.95. The van der Waals surface area contributed by atoms with E-state index >= 15 is 0 Å². The number of aliphatic hydroxyl groups is 1. The van der Waals surface area contributed by atoms with Gasteiger partial charge in [0.1, 0.15) is 19.3 Å². The molecule has 93 heavy (non-hydrogen) atoms. The smallest absolute Gasteiger partial charge is 0.462 e. The summed E-state index contributed by atoms with van der Waals surface area (Å²) in [6, 6.07) is 0. The number of phosphoric ester groups is 2. The van der Waals surface area contributed by atoms with Crippen LogP contribution in [0.15, 0.2) is 0 Å². The summed E-state index contributed by atoms with van der Waals surface area (Å²) in [5.74, 6) is -0.556. The lowest BCUT2D eigenvalue weighted by atomic mass is 10.0. The number of rotatable bonds is 73. The zero-order chi connectivity index (χ0) is 68.6. The van der Waals surface area contributed by atoms with Crippen molar-refractivity contribution in [1.29, 1.82) is 0 Å². The predicted molar refractivity (Wildman–Crippen MR) is 377 cm³/mol. The molecule has 0 aliphatic rings. The second-order valence-corrected chi connectivity index (χ2v) is 30.5. The van der Waals surface area contributed by atoms with Crippen molar-refractivity contribution >= 4 is 39.5 Å². The Morgan fingerprint density at radius 2 is 0.495 bits per heavy atom. The van der Waals surface area contributed by atoms with Crippen LogP contribution in [-0.4, -0.2) is 96.7 Å². The number of hydrogen-bond acceptors (Lipinski definition) is 15. The third-order valence-electron chi connectivity index (χ3n) is 17.2. The second kappa shape index (κ2) is 66.0. The number of ether oxygens (including phenoxy) is 4. The van der Waals surface area contributed by atoms with Gasteiger partial charge in [0.2, 0.25) is 0 Å². The summed E-state index contributed by atoms with van der Waals surface area (Å²) in [5.41, 5.74) is 0. The van der Waals surface area contributed by atoms with Gasteiger partial charge in [0.15, 0.2) is 12.2 Å². The molecule has 0 aromatic heterocycles. The highest BCUT2D eigenvalue weighted by atomic mass is 31.2. The van der Waals surface area contributed by atoms with E-state index in [1.54, 1.807) is 0 Å². The van der Waals surface area contributed by atoms with Gasteiger partial charge in [-0.1, -0.05) is 330 Å². The molecule has 552 valence electrons. The zero-order valence-electron chi connectivity index (χ0n) is 60.6. The number of unbranched alkanes of at least 4 members (excludes halogenated alkanes) is 43. The monoisotopic (exact) mass is 1370 g/mol. The molecule has 0 radical (unpaired) electrons. The molecule has 0 aliphatic heterocycles. The molecule has 5 atom stereocenters. The summed E-state index contributed by atoms with van der Waals surface area (Å²) in [6.07, 6.45) is 52.8. The van der Waals surface area contributed by atoms with Crippen LogP contribution in [0.3, 0.4) is 0 Å². The van der Waals surface area contributed by atoms with E-state index in [0.29, 0.717) is 25.7 Å². The lowest BCUT2D eigenvalue weighted by Gasteiger charge is -2.21. The molecular weight excluding hydrogens is 1220 g/mol. The average molecular weight is 1370 g/mol. The molecule has 0 aromatic rings. The van der Waals surface area contributed by atoms with Crippen LogP contribution in [0.2, 0.25) is 0 Å². The van der Waals surface area contributed by atoms with Crippen molar-refractivity contribution in [1.82, 2.24) is 0 Å². The Labute approximate surface area is 568 Å². The molecular formula is C74H144O17P2. The predicted octanol–water partition coefficient (Wildman–Crippen LogP) is 21.6. The molecule has 17 nitrogen and oxygen atoms in total. The fourth-order valence-electron chi connectivity index (χ4n) is 11.3. The normalized spacial score (nSPS) is 14.1. The average Bonchev–Trinajstić information content (AvgIpc) is 2.22. The Hall–Kier alpha value is -1.94. The fraction of sp³-hybridized carbons (Fsp3) is 0.946. The van der Waals surface area contributed by atoms with Gasteiger partial charge in [0.25, 0.3) is 0 Å². The van der Waals surface area contributed by atoms with Gasteiger partial charge in [-0.15, -0.1) is 0 Å². The topological polar surface area (TPSA) is 237 Å². The van der Waals surface area contributed by atoms with Gasteiger partial charge in [0, 0.05) is 25.7 Å². The van der Waals surface area contributed by atoms with E-state index in [1.165, 1.54) is 199 Å². The van der Waals surface area contributed by atoms with Crippen LogP contribution in [0.5, 0.6) is 0 Å². The summed E-state index contributed by atoms with van der Waals surface area (Å²) in [4.78, 5) is 72.6. The van der Waals surface area contributed by atoms with Crippen LogP contribution < -0.4 is 0 Å². The number of carbonyl (C=O) groups excluding carboxylic acids is 4. The molecule has 2 unspecified atom stereocenters. The van der Waals surface area contributed by atoms with Crippen LogP contribution in [0.1, 0.15) is 382 Å². The van der Waals surface area contributed by atoms with Gasteiger partial charge in [-0.25, -0.2) is 9.13 Å². The van der Waals surface area contributed by atoms with Crippen molar-refractivity contribution in [2.75, 3.05) is 39.6 Å². The van der Waals surface area contributed by atoms with Gasteiger partial charge in [-0.2, -0.15) is 0 Å². The first-order chi connectivity index (χ1) is 44.9. The Morgan fingerprint density at radius 1 is 0.290 bits per heavy atom. The highest BCUT2D eigenvalue weighted by Crippen LogP contribution is 2.45. The summed E-state index contributed by atoms with van der Waals surface area (Å²) < 4.78 is 68.4. The minimum Gasteiger partial charge on any atom is -0.462 e. The third kappa shape index (κ3) is 68.4. The molecule has 0 heterocycles. The molecule has 0 bridgehead atoms. The van der Waals surface area contributed by atoms with E-state index in [2.05, 4.69) is 41.5 Å². The minimum absolute atomic E-state index is 0.107. The van der Waals surface area contributed by atoms with Crippen molar-refractivity contribution in [3.05, 3.63) is 0 Å². The maximum absolute atomic E-state index is 13.1. The zero-order valence-corrected chi connectivity index (χ0v) is 62.3. The van der Waals surface area contributed by atoms with Gasteiger partial charge in [-0.3, -0.25) is 37.3 Å². The molecule has 3 N–H and O–H groups in total. The van der Waals surface area contributed by atoms with Crippen molar-refractivity contribution < 1.29 is 80.2 Å². The van der Waals surface area contributed by atoms with Crippen molar-refractivity contribution in [2.24, 2.45) is 11.8 Å². The van der Waals surface area contributed by atoms with Gasteiger partial charge < -0.3 is 33.8 Å². The molecule has 0 aliphatic carbocycles. The lowest BCUT2D eigenvalue weighted by Crippen LogP contribution is -2.30. The molecule has 0 saturated carbocycles. The summed E-state index contributed by atoms with van der Waals surface area (Å²) >= 11 is 0. The first-order valence-corrected chi connectivity index (χ1v) is 41.5. The van der Waals surface area contributed by atoms with E-state index in [4.69, 9.17) is 37.0 Å². The molecule has 0 rings (SSSR count). The van der Waals surface area contributed by atoms with E-state index in [0.717, 1.165) is 102 Å². The van der Waals surface area contributed by atoms with Gasteiger partial charge in [-0.05, 0) is 37.5 Å². The van der Waals surface area contributed by atoms with Crippen molar-refractivity contribution in [3.8, 4) is 0 Å². The number of aliphatic hydroxyl groups excluding tert-OH is 1. The maximum atomic E-state index is 13.1. The number of esters is 4. The van der Waals surface area contributed by atoms with Crippen LogP contribution in [-0.2, 0) is 65.4 Å². The quantitative estimate of drug-likeness (QED) is 0.0222. The molecule has 0 saturated heterocycles. The first-order valence-electron chi connectivity index (χ1n) is 38.5. The Bertz CT molecular complexity index is 1800. The lowest BCUT2D eigenvalue weighted by molar-refractivity contribution is -0.161.